The average molecular weight is 224 g/mol. The molecule has 0 saturated heterocycles. The molecule has 2 heteroatoms. The van der Waals surface area contributed by atoms with E-state index in [1.54, 1.807) is 0 Å². The van der Waals surface area contributed by atoms with Crippen molar-refractivity contribution in [2.24, 2.45) is 4.99 Å². The van der Waals surface area contributed by atoms with E-state index in [0.717, 1.165) is 17.9 Å². The molecule has 0 N–H and O–H groups in total. The Morgan fingerprint density at radius 1 is 1.33 bits per heavy atom. The summed E-state index contributed by atoms with van der Waals surface area (Å²) in [6.07, 6.45) is 4.53. The molecule has 1 unspecified atom stereocenters. The maximum Gasteiger partial charge on any atom is 0.0464 e. The largest absolute Gasteiger partial charge is 0.298 e. The number of unbranched alkanes of at least 4 members (excludes halogenated alkanes) is 1. The summed E-state index contributed by atoms with van der Waals surface area (Å²) in [5, 5.41) is 0.882. The minimum Gasteiger partial charge on any atom is -0.298 e. The minimum atomic E-state index is 0.385. The Morgan fingerprint density at radius 2 is 2.07 bits per heavy atom. The number of halogens is 1. The van der Waals surface area contributed by atoms with Crippen molar-refractivity contribution in [3.05, 3.63) is 34.9 Å². The van der Waals surface area contributed by atoms with Crippen LogP contribution in [0.25, 0.3) is 0 Å². The van der Waals surface area contributed by atoms with Gasteiger partial charge in [-0.3, -0.25) is 4.99 Å². The second kappa shape index (κ2) is 6.62. The molecule has 15 heavy (non-hydrogen) atoms. The zero-order valence-electron chi connectivity index (χ0n) is 9.25. The third-order valence-electron chi connectivity index (χ3n) is 2.59. The molecule has 1 rings (SSSR count). The molecule has 82 valence electrons. The van der Waals surface area contributed by atoms with Gasteiger partial charge in [-0.2, -0.15) is 0 Å². The molecule has 0 fully saturated rings. The van der Waals surface area contributed by atoms with Crippen LogP contribution in [0.2, 0.25) is 5.02 Å². The van der Waals surface area contributed by atoms with Gasteiger partial charge in [0.15, 0.2) is 0 Å². The molecule has 0 spiro atoms. The van der Waals surface area contributed by atoms with Gasteiger partial charge >= 0.3 is 0 Å². The van der Waals surface area contributed by atoms with Crippen molar-refractivity contribution in [2.75, 3.05) is 0 Å². The first-order valence-corrected chi connectivity index (χ1v) is 5.81. The number of rotatable bonds is 6. The fraction of sp³-hybridized carbons (Fsp3) is 0.462. The lowest BCUT2D eigenvalue weighted by atomic mass is 10.1. The van der Waals surface area contributed by atoms with E-state index in [1.165, 1.54) is 18.4 Å². The van der Waals surface area contributed by atoms with E-state index in [0.29, 0.717) is 6.04 Å². The van der Waals surface area contributed by atoms with E-state index < -0.39 is 0 Å². The first-order chi connectivity index (χ1) is 7.24. The van der Waals surface area contributed by atoms with Gasteiger partial charge in [-0.05, 0) is 44.5 Å². The third-order valence-corrected chi connectivity index (χ3v) is 2.96. The molecule has 0 radical (unpaired) electrons. The smallest absolute Gasteiger partial charge is 0.0464 e. The number of aliphatic imine (C=N–C) groups is 1. The molecule has 0 aromatic heterocycles. The van der Waals surface area contributed by atoms with Crippen molar-refractivity contribution in [1.82, 2.24) is 0 Å². The minimum absolute atomic E-state index is 0.385. The maximum atomic E-state index is 6.06. The molecule has 0 aliphatic carbocycles. The number of nitrogens with zero attached hydrogens (tertiary/aromatic N) is 1. The van der Waals surface area contributed by atoms with Crippen LogP contribution in [0.5, 0.6) is 0 Å². The summed E-state index contributed by atoms with van der Waals surface area (Å²) in [7, 11) is 0. The molecule has 0 amide bonds. The quantitative estimate of drug-likeness (QED) is 0.508. The maximum absolute atomic E-state index is 6.06. The van der Waals surface area contributed by atoms with Crippen molar-refractivity contribution in [3.63, 3.8) is 0 Å². The van der Waals surface area contributed by atoms with E-state index in [1.807, 2.05) is 18.2 Å². The first kappa shape index (κ1) is 12.3. The third kappa shape index (κ3) is 4.48. The van der Waals surface area contributed by atoms with Gasteiger partial charge in [0.2, 0.25) is 0 Å². The lowest BCUT2D eigenvalue weighted by molar-refractivity contribution is 0.602. The second-order valence-corrected chi connectivity index (χ2v) is 4.28. The number of benzene rings is 1. The topological polar surface area (TPSA) is 12.4 Å². The van der Waals surface area contributed by atoms with Gasteiger partial charge in [0.25, 0.3) is 0 Å². The first-order valence-electron chi connectivity index (χ1n) is 5.43. The average Bonchev–Trinajstić information content (AvgIpc) is 2.26. The van der Waals surface area contributed by atoms with Crippen LogP contribution in [0, 0.1) is 0 Å². The van der Waals surface area contributed by atoms with Crippen LogP contribution in [0.1, 0.15) is 31.7 Å². The second-order valence-electron chi connectivity index (χ2n) is 3.87. The number of hydrogen-bond acceptors (Lipinski definition) is 1. The van der Waals surface area contributed by atoms with E-state index in [4.69, 9.17) is 11.6 Å². The SMILES string of the molecule is C=NC(C)CCCCc1ccccc1Cl. The van der Waals surface area contributed by atoms with Gasteiger partial charge in [0, 0.05) is 11.1 Å². The molecule has 0 saturated carbocycles. The summed E-state index contributed by atoms with van der Waals surface area (Å²) in [5.41, 5.74) is 1.25. The van der Waals surface area contributed by atoms with Crippen LogP contribution in [0.15, 0.2) is 29.3 Å². The van der Waals surface area contributed by atoms with Gasteiger partial charge in [-0.15, -0.1) is 0 Å². The number of hydrogen-bond donors (Lipinski definition) is 0. The van der Waals surface area contributed by atoms with Crippen LogP contribution >= 0.6 is 11.6 Å². The molecule has 1 atom stereocenters. The van der Waals surface area contributed by atoms with E-state index >= 15 is 0 Å². The Kier molecular flexibility index (Phi) is 5.41. The Hall–Kier alpha value is -0.820. The molecule has 0 bridgehead atoms. The normalized spacial score (nSPS) is 12.4. The molecule has 0 aliphatic rings. The van der Waals surface area contributed by atoms with E-state index in [-0.39, 0.29) is 0 Å². The van der Waals surface area contributed by atoms with E-state index in [2.05, 4.69) is 24.7 Å². The fourth-order valence-corrected chi connectivity index (χ4v) is 1.78. The molecular formula is C13H18ClN. The zero-order valence-corrected chi connectivity index (χ0v) is 10.0. The highest BCUT2D eigenvalue weighted by molar-refractivity contribution is 6.31. The van der Waals surface area contributed by atoms with Crippen molar-refractivity contribution in [3.8, 4) is 0 Å². The Labute approximate surface area is 97.2 Å². The summed E-state index contributed by atoms with van der Waals surface area (Å²) in [5.74, 6) is 0. The van der Waals surface area contributed by atoms with Crippen LogP contribution < -0.4 is 0 Å². The molecular weight excluding hydrogens is 206 g/mol. The Balaban J connectivity index is 2.26. The Bertz CT molecular complexity index is 309. The summed E-state index contributed by atoms with van der Waals surface area (Å²) >= 11 is 6.06. The van der Waals surface area contributed by atoms with Crippen molar-refractivity contribution >= 4 is 18.3 Å². The monoisotopic (exact) mass is 223 g/mol. The van der Waals surface area contributed by atoms with Crippen LogP contribution in [0.3, 0.4) is 0 Å². The lowest BCUT2D eigenvalue weighted by Crippen LogP contribution is -1.97. The molecule has 0 aliphatic heterocycles. The fourth-order valence-electron chi connectivity index (χ4n) is 1.55. The van der Waals surface area contributed by atoms with Crippen molar-refractivity contribution in [1.29, 1.82) is 0 Å². The predicted molar refractivity (Wildman–Crippen MR) is 68.0 cm³/mol. The molecule has 1 aromatic rings. The summed E-state index contributed by atoms with van der Waals surface area (Å²) in [6, 6.07) is 8.43. The van der Waals surface area contributed by atoms with Crippen LogP contribution in [-0.2, 0) is 6.42 Å². The number of aryl methyl sites for hydroxylation is 1. The van der Waals surface area contributed by atoms with E-state index in [9.17, 15) is 0 Å². The predicted octanol–water partition coefficient (Wildman–Crippen LogP) is 4.14. The molecule has 1 aromatic carbocycles. The summed E-state index contributed by atoms with van der Waals surface area (Å²) in [4.78, 5) is 3.97. The van der Waals surface area contributed by atoms with Crippen LogP contribution in [0.4, 0.5) is 0 Å². The highest BCUT2D eigenvalue weighted by atomic mass is 35.5. The van der Waals surface area contributed by atoms with Gasteiger partial charge in [-0.25, -0.2) is 0 Å². The van der Waals surface area contributed by atoms with Crippen molar-refractivity contribution < 1.29 is 0 Å². The van der Waals surface area contributed by atoms with Gasteiger partial charge in [-0.1, -0.05) is 36.2 Å². The molecule has 1 nitrogen and oxygen atoms in total. The standard InChI is InChI=1S/C13H18ClN/c1-11(15-2)7-3-4-8-12-9-5-6-10-13(12)14/h5-6,9-11H,2-4,7-8H2,1H3. The van der Waals surface area contributed by atoms with Crippen molar-refractivity contribution in [2.45, 2.75) is 38.6 Å². The lowest BCUT2D eigenvalue weighted by Gasteiger charge is -2.06. The highest BCUT2D eigenvalue weighted by Gasteiger charge is 2.00. The molecule has 0 heterocycles. The zero-order chi connectivity index (χ0) is 11.1. The Morgan fingerprint density at radius 3 is 2.73 bits per heavy atom. The summed E-state index contributed by atoms with van der Waals surface area (Å²) < 4.78 is 0. The van der Waals surface area contributed by atoms with Crippen LogP contribution in [-0.4, -0.2) is 12.8 Å². The van der Waals surface area contributed by atoms with Gasteiger partial charge < -0.3 is 0 Å². The van der Waals surface area contributed by atoms with Gasteiger partial charge in [0.05, 0.1) is 0 Å². The summed E-state index contributed by atoms with van der Waals surface area (Å²) in [6.45, 7) is 5.64. The highest BCUT2D eigenvalue weighted by Crippen LogP contribution is 2.17. The van der Waals surface area contributed by atoms with Gasteiger partial charge in [0.1, 0.15) is 0 Å².